The van der Waals surface area contributed by atoms with Gasteiger partial charge in [0.2, 0.25) is 5.91 Å². The maximum Gasteiger partial charge on any atom is 0.260 e. The van der Waals surface area contributed by atoms with E-state index in [-0.39, 0.29) is 30.7 Å². The summed E-state index contributed by atoms with van der Waals surface area (Å²) in [6, 6.07) is 22.3. The van der Waals surface area contributed by atoms with Crippen LogP contribution in [0.2, 0.25) is 0 Å². The van der Waals surface area contributed by atoms with E-state index in [9.17, 15) is 14.4 Å². The van der Waals surface area contributed by atoms with Gasteiger partial charge in [0, 0.05) is 53.9 Å². The Kier molecular flexibility index (Phi) is 4.52. The van der Waals surface area contributed by atoms with E-state index in [0.29, 0.717) is 22.5 Å². The molecule has 0 bridgehead atoms. The van der Waals surface area contributed by atoms with Crippen LogP contribution in [0.1, 0.15) is 38.9 Å². The molecule has 168 valence electrons. The molecule has 2 aliphatic rings. The zero-order chi connectivity index (χ0) is 23.4. The fraction of sp³-hybridized carbons (Fsp3) is 0.148. The van der Waals surface area contributed by atoms with Gasteiger partial charge in [0.05, 0.1) is 11.3 Å². The average Bonchev–Trinajstić information content (AvgIpc) is 3.36. The van der Waals surface area contributed by atoms with E-state index in [1.807, 2.05) is 66.3 Å². The Morgan fingerprint density at radius 3 is 2.53 bits per heavy atom. The van der Waals surface area contributed by atoms with Crippen LogP contribution >= 0.6 is 0 Å². The summed E-state index contributed by atoms with van der Waals surface area (Å²) in [5, 5.41) is 3.98. The summed E-state index contributed by atoms with van der Waals surface area (Å²) in [7, 11) is 1.98. The minimum absolute atomic E-state index is 0.113. The Bertz CT molecular complexity index is 1490. The van der Waals surface area contributed by atoms with Crippen molar-refractivity contribution in [1.82, 2.24) is 9.47 Å². The van der Waals surface area contributed by atoms with Crippen molar-refractivity contribution in [1.29, 1.82) is 0 Å². The Hall–Kier alpha value is -4.39. The molecule has 0 saturated carbocycles. The Balaban J connectivity index is 1.27. The molecule has 7 nitrogen and oxygen atoms in total. The summed E-state index contributed by atoms with van der Waals surface area (Å²) in [5.41, 5.74) is 4.24. The van der Waals surface area contributed by atoms with E-state index in [1.165, 1.54) is 0 Å². The number of carbonyl (C=O) groups is 3. The molecule has 34 heavy (non-hydrogen) atoms. The number of fused-ring (bicyclic) bond motifs is 6. The van der Waals surface area contributed by atoms with Gasteiger partial charge in [-0.3, -0.25) is 19.3 Å². The van der Waals surface area contributed by atoms with Crippen molar-refractivity contribution in [3.8, 4) is 0 Å². The van der Waals surface area contributed by atoms with Gasteiger partial charge < -0.3 is 14.8 Å². The van der Waals surface area contributed by atoms with E-state index < -0.39 is 6.17 Å². The molecule has 4 aromatic rings. The van der Waals surface area contributed by atoms with Crippen molar-refractivity contribution in [3.05, 3.63) is 95.7 Å². The highest BCUT2D eigenvalue weighted by molar-refractivity contribution is 6.16. The van der Waals surface area contributed by atoms with Gasteiger partial charge in [-0.2, -0.15) is 0 Å². The van der Waals surface area contributed by atoms with Crippen LogP contribution in [0.25, 0.3) is 10.9 Å². The number of nitrogens with zero attached hydrogens (tertiary/aromatic N) is 3. The zero-order valence-corrected chi connectivity index (χ0v) is 18.6. The van der Waals surface area contributed by atoms with E-state index in [1.54, 1.807) is 34.1 Å². The van der Waals surface area contributed by atoms with E-state index >= 15 is 0 Å². The number of amides is 3. The van der Waals surface area contributed by atoms with Gasteiger partial charge in [0.25, 0.3) is 11.8 Å². The maximum absolute atomic E-state index is 13.4. The molecule has 0 radical (unpaired) electrons. The Morgan fingerprint density at radius 1 is 0.912 bits per heavy atom. The molecule has 1 aromatic heterocycles. The van der Waals surface area contributed by atoms with Gasteiger partial charge in [-0.15, -0.1) is 0 Å². The van der Waals surface area contributed by atoms with Crippen LogP contribution < -0.4 is 10.2 Å². The zero-order valence-electron chi connectivity index (χ0n) is 18.6. The van der Waals surface area contributed by atoms with Crippen LogP contribution in [-0.2, 0) is 11.8 Å². The van der Waals surface area contributed by atoms with Gasteiger partial charge in [0.1, 0.15) is 6.17 Å². The highest BCUT2D eigenvalue weighted by Crippen LogP contribution is 2.45. The molecule has 0 spiro atoms. The average molecular weight is 450 g/mol. The highest BCUT2D eigenvalue weighted by atomic mass is 16.2. The van der Waals surface area contributed by atoms with E-state index in [4.69, 9.17) is 0 Å². The van der Waals surface area contributed by atoms with Gasteiger partial charge in [0.15, 0.2) is 0 Å². The predicted molar refractivity (Wildman–Crippen MR) is 130 cm³/mol. The van der Waals surface area contributed by atoms with Gasteiger partial charge >= 0.3 is 0 Å². The standard InChI is InChI=1S/C27H22N4O3/c1-29-14-12-17-16-18(10-11-22(17)29)28-24(32)13-15-30-25-19-6-2-3-7-20(19)27(34)31(25)23-9-5-4-8-21(23)26(30)33/h2-12,14,16,25H,13,15H2,1H3,(H,28,32). The molecule has 0 aliphatic carbocycles. The van der Waals surface area contributed by atoms with Crippen LogP contribution in [-0.4, -0.2) is 33.7 Å². The first-order valence-corrected chi connectivity index (χ1v) is 11.2. The molecule has 3 aromatic carbocycles. The second-order valence-corrected chi connectivity index (χ2v) is 8.65. The van der Waals surface area contributed by atoms with Crippen LogP contribution in [0.3, 0.4) is 0 Å². The largest absolute Gasteiger partial charge is 0.351 e. The lowest BCUT2D eigenvalue weighted by atomic mass is 10.0. The molecule has 7 heteroatoms. The Labute approximate surface area is 196 Å². The summed E-state index contributed by atoms with van der Waals surface area (Å²) in [6.07, 6.45) is 1.53. The SMILES string of the molecule is Cn1ccc2cc(NC(=O)CCN3C(=O)c4ccccc4N4C(=O)c5ccccc5C34)ccc21. The molecule has 3 amide bonds. The lowest BCUT2D eigenvalue weighted by molar-refractivity contribution is -0.116. The summed E-state index contributed by atoms with van der Waals surface area (Å²) in [5.74, 6) is -0.503. The molecule has 3 heterocycles. The summed E-state index contributed by atoms with van der Waals surface area (Å²) in [4.78, 5) is 42.8. The minimum Gasteiger partial charge on any atom is -0.351 e. The van der Waals surface area contributed by atoms with E-state index in [2.05, 4.69) is 5.32 Å². The number of nitrogens with one attached hydrogen (secondary N) is 1. The minimum atomic E-state index is -0.556. The highest BCUT2D eigenvalue weighted by Gasteiger charge is 2.47. The second kappa shape index (κ2) is 7.59. The van der Waals surface area contributed by atoms with Crippen molar-refractivity contribution in [2.24, 2.45) is 7.05 Å². The molecule has 0 fully saturated rings. The molecule has 6 rings (SSSR count). The van der Waals surface area contributed by atoms with Crippen molar-refractivity contribution in [2.45, 2.75) is 12.6 Å². The lowest BCUT2D eigenvalue weighted by Gasteiger charge is -2.40. The van der Waals surface area contributed by atoms with Crippen molar-refractivity contribution < 1.29 is 14.4 Å². The summed E-state index contributed by atoms with van der Waals surface area (Å²) < 4.78 is 2.02. The monoisotopic (exact) mass is 450 g/mol. The van der Waals surface area contributed by atoms with Crippen LogP contribution in [0, 0.1) is 0 Å². The number of aromatic nitrogens is 1. The van der Waals surface area contributed by atoms with Crippen LogP contribution in [0.5, 0.6) is 0 Å². The number of para-hydroxylation sites is 1. The second-order valence-electron chi connectivity index (χ2n) is 8.65. The number of aryl methyl sites for hydroxylation is 1. The first-order valence-electron chi connectivity index (χ1n) is 11.2. The van der Waals surface area contributed by atoms with Crippen molar-refractivity contribution >= 4 is 40.0 Å². The smallest absolute Gasteiger partial charge is 0.260 e. The molecule has 0 saturated heterocycles. The lowest BCUT2D eigenvalue weighted by Crippen LogP contribution is -2.48. The third-order valence-corrected chi connectivity index (χ3v) is 6.63. The van der Waals surface area contributed by atoms with Gasteiger partial charge in [-0.25, -0.2) is 0 Å². The topological polar surface area (TPSA) is 74.7 Å². The van der Waals surface area contributed by atoms with Crippen LogP contribution in [0.15, 0.2) is 79.0 Å². The first kappa shape index (κ1) is 20.2. The number of hydrogen-bond donors (Lipinski definition) is 1. The predicted octanol–water partition coefficient (Wildman–Crippen LogP) is 4.32. The number of anilines is 2. The van der Waals surface area contributed by atoms with E-state index in [0.717, 1.165) is 16.5 Å². The fourth-order valence-corrected chi connectivity index (χ4v) is 5.00. The van der Waals surface area contributed by atoms with Gasteiger partial charge in [-0.05, 0) is 42.5 Å². The third-order valence-electron chi connectivity index (χ3n) is 6.63. The number of hydrogen-bond acceptors (Lipinski definition) is 3. The molecule has 1 N–H and O–H groups in total. The summed E-state index contributed by atoms with van der Waals surface area (Å²) in [6.45, 7) is 0.190. The van der Waals surface area contributed by atoms with Crippen molar-refractivity contribution in [3.63, 3.8) is 0 Å². The molecule has 1 unspecified atom stereocenters. The van der Waals surface area contributed by atoms with Crippen molar-refractivity contribution in [2.75, 3.05) is 16.8 Å². The normalized spacial score (nSPS) is 16.4. The quantitative estimate of drug-likeness (QED) is 0.503. The molecule has 2 aliphatic heterocycles. The maximum atomic E-state index is 13.4. The molecular weight excluding hydrogens is 428 g/mol. The molecule has 1 atom stereocenters. The molecular formula is C27H22N4O3. The summed E-state index contributed by atoms with van der Waals surface area (Å²) >= 11 is 0. The number of carbonyl (C=O) groups excluding carboxylic acids is 3. The number of benzene rings is 3. The Morgan fingerprint density at radius 2 is 1.68 bits per heavy atom. The fourth-order valence-electron chi connectivity index (χ4n) is 5.00. The number of rotatable bonds is 4. The first-order chi connectivity index (χ1) is 16.5. The third kappa shape index (κ3) is 3.01. The van der Waals surface area contributed by atoms with Crippen LogP contribution in [0.4, 0.5) is 11.4 Å². The van der Waals surface area contributed by atoms with Gasteiger partial charge in [-0.1, -0.05) is 30.3 Å².